The van der Waals surface area contributed by atoms with E-state index in [1.165, 1.54) is 12.1 Å². The second-order valence-corrected chi connectivity index (χ2v) is 8.30. The fraction of sp³-hybridized carbons (Fsp3) is 0.300. The summed E-state index contributed by atoms with van der Waals surface area (Å²) in [4.78, 5) is 0.366. The molecule has 2 N–H and O–H groups in total. The first kappa shape index (κ1) is 16.9. The Labute approximate surface area is 132 Å². The molecule has 4 nitrogen and oxygen atoms in total. The maximum absolute atomic E-state index is 12.1. The molecule has 106 valence electrons. The summed E-state index contributed by atoms with van der Waals surface area (Å²) < 4.78 is 24.6. The van der Waals surface area contributed by atoms with Crippen molar-refractivity contribution < 1.29 is 8.42 Å². The summed E-state index contributed by atoms with van der Waals surface area (Å²) in [5.74, 6) is 0. The van der Waals surface area contributed by atoms with Gasteiger partial charge in [0.2, 0.25) is 13.8 Å². The molecule has 0 fully saturated rings. The van der Waals surface area contributed by atoms with Gasteiger partial charge < -0.3 is 5.32 Å². The number of rotatable bonds is 4. The van der Waals surface area contributed by atoms with E-state index < -0.39 is 20.0 Å². The average molecular weight is 362 g/mol. The van der Waals surface area contributed by atoms with E-state index in [0.717, 1.165) is 0 Å². The molecule has 0 saturated carbocycles. The molecule has 1 unspecified atom stereocenters. The predicted octanol–water partition coefficient (Wildman–Crippen LogP) is 2.60. The van der Waals surface area contributed by atoms with Crippen molar-refractivity contribution in [3.8, 4) is 0 Å². The van der Waals surface area contributed by atoms with Crippen LogP contribution in [0.5, 0.6) is 0 Å². The van der Waals surface area contributed by atoms with Crippen LogP contribution in [-0.2, 0) is 10.0 Å². The minimum absolute atomic E-state index is 0.0677. The molecular weight excluding hydrogens is 351 g/mol. The molecule has 0 aromatic heterocycles. The highest BCUT2D eigenvalue weighted by Crippen LogP contribution is 2.30. The molecule has 0 radical (unpaired) electrons. The molecule has 1 atom stereocenters. The summed E-state index contributed by atoms with van der Waals surface area (Å²) in [5, 5.41) is 2.59. The van der Waals surface area contributed by atoms with E-state index in [-0.39, 0.29) is 4.90 Å². The van der Waals surface area contributed by atoms with Crippen molar-refractivity contribution in [1.82, 2.24) is 10.0 Å². The van der Waals surface area contributed by atoms with Crippen molar-refractivity contribution in [2.45, 2.75) is 21.8 Å². The third kappa shape index (κ3) is 5.41. The SMILES string of the molecule is CC(=S)NC(NS(=O)(=O)c1ccccc1)C(Cl)(Cl)Cl. The summed E-state index contributed by atoms with van der Waals surface area (Å²) in [6.45, 7) is 1.55. The third-order valence-electron chi connectivity index (χ3n) is 2.00. The molecule has 0 spiro atoms. The zero-order valence-electron chi connectivity index (χ0n) is 9.73. The van der Waals surface area contributed by atoms with Crippen molar-refractivity contribution in [2.75, 3.05) is 0 Å². The smallest absolute Gasteiger partial charge is 0.242 e. The van der Waals surface area contributed by atoms with Crippen LogP contribution in [0.4, 0.5) is 0 Å². The molecule has 0 aliphatic rings. The van der Waals surface area contributed by atoms with Gasteiger partial charge in [-0.2, -0.15) is 4.72 Å². The minimum atomic E-state index is -3.81. The topological polar surface area (TPSA) is 58.2 Å². The van der Waals surface area contributed by atoms with E-state index >= 15 is 0 Å². The zero-order chi connectivity index (χ0) is 14.7. The monoisotopic (exact) mass is 360 g/mol. The predicted molar refractivity (Wildman–Crippen MR) is 82.2 cm³/mol. The Morgan fingerprint density at radius 2 is 1.79 bits per heavy atom. The van der Waals surface area contributed by atoms with Crippen LogP contribution in [-0.4, -0.2) is 23.4 Å². The third-order valence-corrected chi connectivity index (χ3v) is 4.21. The van der Waals surface area contributed by atoms with Crippen molar-refractivity contribution in [1.29, 1.82) is 0 Å². The van der Waals surface area contributed by atoms with E-state index in [4.69, 9.17) is 47.0 Å². The van der Waals surface area contributed by atoms with Gasteiger partial charge in [0.25, 0.3) is 0 Å². The van der Waals surface area contributed by atoms with Gasteiger partial charge in [-0.05, 0) is 19.1 Å². The van der Waals surface area contributed by atoms with Gasteiger partial charge in [0.15, 0.2) is 0 Å². The lowest BCUT2D eigenvalue weighted by molar-refractivity contribution is 0.536. The summed E-state index contributed by atoms with van der Waals surface area (Å²) in [7, 11) is -3.81. The number of benzene rings is 1. The normalized spacial score (nSPS) is 13.9. The Kier molecular flexibility index (Phi) is 5.85. The summed E-state index contributed by atoms with van der Waals surface area (Å²) in [6, 6.07) is 7.75. The number of alkyl halides is 3. The van der Waals surface area contributed by atoms with Gasteiger partial charge in [0, 0.05) is 0 Å². The van der Waals surface area contributed by atoms with Gasteiger partial charge in [-0.1, -0.05) is 65.2 Å². The van der Waals surface area contributed by atoms with Crippen LogP contribution in [0, 0.1) is 0 Å². The first-order valence-corrected chi connectivity index (χ1v) is 8.06. The van der Waals surface area contributed by atoms with Gasteiger partial charge in [0.1, 0.15) is 6.17 Å². The Morgan fingerprint density at radius 3 is 2.21 bits per heavy atom. The van der Waals surface area contributed by atoms with Gasteiger partial charge in [0.05, 0.1) is 9.88 Å². The lowest BCUT2D eigenvalue weighted by atomic mass is 10.4. The lowest BCUT2D eigenvalue weighted by Crippen LogP contribution is -2.54. The van der Waals surface area contributed by atoms with E-state index in [0.29, 0.717) is 4.99 Å². The van der Waals surface area contributed by atoms with E-state index in [2.05, 4.69) is 10.0 Å². The highest BCUT2D eigenvalue weighted by atomic mass is 35.6. The lowest BCUT2D eigenvalue weighted by Gasteiger charge is -2.26. The molecule has 0 heterocycles. The molecule has 1 aromatic rings. The number of nitrogens with one attached hydrogen (secondary N) is 2. The fourth-order valence-electron chi connectivity index (χ4n) is 1.20. The molecule has 1 aromatic carbocycles. The number of halogens is 3. The maximum Gasteiger partial charge on any atom is 0.242 e. The molecule has 0 amide bonds. The van der Waals surface area contributed by atoms with Crippen LogP contribution in [0.3, 0.4) is 0 Å². The molecule has 19 heavy (non-hydrogen) atoms. The van der Waals surface area contributed by atoms with Crippen molar-refractivity contribution in [2.24, 2.45) is 0 Å². The number of hydrogen-bond donors (Lipinski definition) is 2. The number of hydrogen-bond acceptors (Lipinski definition) is 3. The van der Waals surface area contributed by atoms with Crippen LogP contribution in [0.2, 0.25) is 0 Å². The van der Waals surface area contributed by atoms with Crippen LogP contribution >= 0.6 is 47.0 Å². The minimum Gasteiger partial charge on any atom is -0.360 e. The van der Waals surface area contributed by atoms with Gasteiger partial charge in [-0.15, -0.1) is 0 Å². The Balaban J connectivity index is 3.00. The van der Waals surface area contributed by atoms with E-state index in [9.17, 15) is 8.42 Å². The Hall–Kier alpha value is -0.110. The maximum atomic E-state index is 12.1. The zero-order valence-corrected chi connectivity index (χ0v) is 13.6. The number of thiocarbonyl (C=S) groups is 1. The highest BCUT2D eigenvalue weighted by molar-refractivity contribution is 7.89. The summed E-state index contributed by atoms with van der Waals surface area (Å²) >= 11 is 22.0. The molecular formula is C10H11Cl3N2O2S2. The van der Waals surface area contributed by atoms with E-state index in [1.807, 2.05) is 0 Å². The highest BCUT2D eigenvalue weighted by Gasteiger charge is 2.36. The van der Waals surface area contributed by atoms with Crippen molar-refractivity contribution in [3.05, 3.63) is 30.3 Å². The van der Waals surface area contributed by atoms with Crippen LogP contribution in [0.25, 0.3) is 0 Å². The average Bonchev–Trinajstić information content (AvgIpc) is 2.27. The van der Waals surface area contributed by atoms with Crippen LogP contribution in [0.1, 0.15) is 6.92 Å². The van der Waals surface area contributed by atoms with E-state index in [1.54, 1.807) is 25.1 Å². The molecule has 0 bridgehead atoms. The molecule has 1 rings (SSSR count). The molecule has 0 saturated heterocycles. The molecule has 9 heteroatoms. The quantitative estimate of drug-likeness (QED) is 0.492. The first-order chi connectivity index (χ1) is 8.63. The Morgan fingerprint density at radius 1 is 1.26 bits per heavy atom. The second kappa shape index (κ2) is 6.56. The standard InChI is InChI=1S/C10H11Cl3N2O2S2/c1-7(18)14-9(10(11,12)13)15-19(16,17)8-5-3-2-4-6-8/h2-6,9,15H,1H3,(H,14,18). The Bertz CT molecular complexity index is 544. The first-order valence-electron chi connectivity index (χ1n) is 5.04. The van der Waals surface area contributed by atoms with Crippen LogP contribution < -0.4 is 10.0 Å². The molecule has 0 aliphatic carbocycles. The van der Waals surface area contributed by atoms with Crippen molar-refractivity contribution in [3.63, 3.8) is 0 Å². The largest absolute Gasteiger partial charge is 0.360 e. The van der Waals surface area contributed by atoms with Crippen molar-refractivity contribution >= 4 is 62.0 Å². The molecule has 0 aliphatic heterocycles. The van der Waals surface area contributed by atoms with Gasteiger partial charge in [-0.25, -0.2) is 8.42 Å². The van der Waals surface area contributed by atoms with Crippen LogP contribution in [0.15, 0.2) is 35.2 Å². The fourth-order valence-corrected chi connectivity index (χ4v) is 3.04. The summed E-state index contributed by atoms with van der Waals surface area (Å²) in [6.07, 6.45) is -1.17. The van der Waals surface area contributed by atoms with Gasteiger partial charge in [-0.3, -0.25) is 0 Å². The summed E-state index contributed by atoms with van der Waals surface area (Å²) in [5.41, 5.74) is 0. The second-order valence-electron chi connectivity index (χ2n) is 3.61. The number of sulfonamides is 1. The van der Waals surface area contributed by atoms with Gasteiger partial charge >= 0.3 is 0 Å².